The lowest BCUT2D eigenvalue weighted by Gasteiger charge is -2.09. The van der Waals surface area contributed by atoms with Gasteiger partial charge in [0.25, 0.3) is 0 Å². The molecule has 0 aliphatic heterocycles. The molecule has 0 atom stereocenters. The molecule has 0 spiro atoms. The standard InChI is InChI=1S/C14H8Cl2F2N2O2/c15-8-2-1-3-9(16)12(8)20-14(22)13(21)19-11-6-7(17)4-5-10(11)18/h1-6H,(H,19,21)(H,20,22). The van der Waals surface area contributed by atoms with E-state index in [4.69, 9.17) is 23.2 Å². The number of para-hydroxylation sites is 1. The Hall–Kier alpha value is -2.18. The maximum atomic E-state index is 13.4. The summed E-state index contributed by atoms with van der Waals surface area (Å²) in [4.78, 5) is 23.5. The monoisotopic (exact) mass is 344 g/mol. The molecule has 0 heterocycles. The highest BCUT2D eigenvalue weighted by Crippen LogP contribution is 2.29. The molecule has 4 nitrogen and oxygen atoms in total. The summed E-state index contributed by atoms with van der Waals surface area (Å²) in [5.74, 6) is -3.95. The second-order valence-electron chi connectivity index (χ2n) is 4.13. The van der Waals surface area contributed by atoms with Gasteiger partial charge in [-0.05, 0) is 24.3 Å². The van der Waals surface area contributed by atoms with E-state index in [9.17, 15) is 18.4 Å². The van der Waals surface area contributed by atoms with Gasteiger partial charge in [-0.2, -0.15) is 0 Å². The molecule has 0 bridgehead atoms. The number of anilines is 2. The molecular weight excluding hydrogens is 337 g/mol. The predicted molar refractivity (Wildman–Crippen MR) is 80.1 cm³/mol. The van der Waals surface area contributed by atoms with E-state index in [1.165, 1.54) is 12.1 Å². The topological polar surface area (TPSA) is 58.2 Å². The third-order valence-electron chi connectivity index (χ3n) is 2.58. The van der Waals surface area contributed by atoms with Crippen molar-refractivity contribution in [3.05, 3.63) is 58.1 Å². The summed E-state index contributed by atoms with van der Waals surface area (Å²) in [7, 11) is 0. The highest BCUT2D eigenvalue weighted by molar-refractivity contribution is 6.46. The van der Waals surface area contributed by atoms with Gasteiger partial charge in [0.15, 0.2) is 0 Å². The summed E-state index contributed by atoms with van der Waals surface area (Å²) >= 11 is 11.7. The largest absolute Gasteiger partial charge is 0.315 e. The SMILES string of the molecule is O=C(Nc1cc(F)ccc1F)C(=O)Nc1c(Cl)cccc1Cl. The van der Waals surface area contributed by atoms with E-state index in [2.05, 4.69) is 5.32 Å². The van der Waals surface area contributed by atoms with Crippen LogP contribution in [0, 0.1) is 11.6 Å². The first-order valence-corrected chi connectivity index (χ1v) is 6.65. The summed E-state index contributed by atoms with van der Waals surface area (Å²) in [5, 5.41) is 4.42. The van der Waals surface area contributed by atoms with Crippen LogP contribution in [-0.4, -0.2) is 11.8 Å². The zero-order valence-electron chi connectivity index (χ0n) is 10.8. The van der Waals surface area contributed by atoms with Gasteiger partial charge in [0, 0.05) is 6.07 Å². The molecular formula is C14H8Cl2F2N2O2. The summed E-state index contributed by atoms with van der Waals surface area (Å²) in [6, 6.07) is 6.95. The quantitative estimate of drug-likeness (QED) is 0.813. The number of carbonyl (C=O) groups is 2. The van der Waals surface area contributed by atoms with Gasteiger partial charge in [0.1, 0.15) is 11.6 Å². The molecule has 0 aliphatic carbocycles. The lowest BCUT2D eigenvalue weighted by atomic mass is 10.3. The minimum atomic E-state index is -1.19. The van der Waals surface area contributed by atoms with Crippen LogP contribution in [0.1, 0.15) is 0 Å². The van der Waals surface area contributed by atoms with Gasteiger partial charge in [-0.25, -0.2) is 8.78 Å². The lowest BCUT2D eigenvalue weighted by Crippen LogP contribution is -2.29. The zero-order valence-corrected chi connectivity index (χ0v) is 12.3. The van der Waals surface area contributed by atoms with E-state index >= 15 is 0 Å². The van der Waals surface area contributed by atoms with Gasteiger partial charge >= 0.3 is 11.8 Å². The van der Waals surface area contributed by atoms with Crippen molar-refractivity contribution in [1.82, 2.24) is 0 Å². The third kappa shape index (κ3) is 3.72. The highest BCUT2D eigenvalue weighted by Gasteiger charge is 2.18. The predicted octanol–water partition coefficient (Wildman–Crippen LogP) is 3.85. The summed E-state index contributed by atoms with van der Waals surface area (Å²) in [5.41, 5.74) is -0.406. The first-order valence-electron chi connectivity index (χ1n) is 5.90. The van der Waals surface area contributed by atoms with Gasteiger partial charge in [0.05, 0.1) is 21.4 Å². The Morgan fingerprint density at radius 1 is 0.909 bits per heavy atom. The molecule has 8 heteroatoms. The van der Waals surface area contributed by atoms with Crippen LogP contribution in [0.4, 0.5) is 20.2 Å². The molecule has 22 heavy (non-hydrogen) atoms. The molecule has 2 amide bonds. The van der Waals surface area contributed by atoms with Crippen molar-refractivity contribution in [1.29, 1.82) is 0 Å². The van der Waals surface area contributed by atoms with Crippen molar-refractivity contribution >= 4 is 46.4 Å². The fourth-order valence-corrected chi connectivity index (χ4v) is 2.05. The molecule has 2 rings (SSSR count). The normalized spacial score (nSPS) is 10.2. The summed E-state index contributed by atoms with van der Waals surface area (Å²) in [6.45, 7) is 0. The number of rotatable bonds is 2. The second-order valence-corrected chi connectivity index (χ2v) is 4.94. The van der Waals surface area contributed by atoms with Gasteiger partial charge in [-0.15, -0.1) is 0 Å². The minimum absolute atomic E-state index is 0.0469. The Balaban J connectivity index is 2.13. The van der Waals surface area contributed by atoms with Crippen molar-refractivity contribution in [3.63, 3.8) is 0 Å². The van der Waals surface area contributed by atoms with Crippen molar-refractivity contribution < 1.29 is 18.4 Å². The first-order chi connectivity index (χ1) is 10.4. The second kappa shape index (κ2) is 6.72. The number of benzene rings is 2. The van der Waals surface area contributed by atoms with Gasteiger partial charge < -0.3 is 10.6 Å². The van der Waals surface area contributed by atoms with Crippen LogP contribution in [0.15, 0.2) is 36.4 Å². The van der Waals surface area contributed by atoms with E-state index in [1.54, 1.807) is 6.07 Å². The molecule has 0 aromatic heterocycles. The van der Waals surface area contributed by atoms with Gasteiger partial charge in [-0.3, -0.25) is 9.59 Å². The average Bonchev–Trinajstić information content (AvgIpc) is 2.46. The average molecular weight is 345 g/mol. The number of carbonyl (C=O) groups excluding carboxylic acids is 2. The van der Waals surface area contributed by atoms with Crippen LogP contribution < -0.4 is 10.6 Å². The van der Waals surface area contributed by atoms with Gasteiger partial charge in [0.2, 0.25) is 0 Å². The molecule has 0 aliphatic rings. The van der Waals surface area contributed by atoms with Crippen LogP contribution in [0.3, 0.4) is 0 Å². The molecule has 114 valence electrons. The van der Waals surface area contributed by atoms with Crippen LogP contribution in [-0.2, 0) is 9.59 Å². The zero-order chi connectivity index (χ0) is 16.3. The van der Waals surface area contributed by atoms with E-state index in [-0.39, 0.29) is 15.7 Å². The number of halogens is 4. The first kappa shape index (κ1) is 16.2. The van der Waals surface area contributed by atoms with Gasteiger partial charge in [-0.1, -0.05) is 29.3 Å². The van der Waals surface area contributed by atoms with Crippen molar-refractivity contribution in [2.75, 3.05) is 10.6 Å². The molecule has 2 N–H and O–H groups in total. The number of hydrogen-bond donors (Lipinski definition) is 2. The minimum Gasteiger partial charge on any atom is -0.315 e. The molecule has 2 aromatic carbocycles. The van der Waals surface area contributed by atoms with E-state index < -0.39 is 29.1 Å². The summed E-state index contributed by atoms with van der Waals surface area (Å²) < 4.78 is 26.4. The molecule has 0 saturated heterocycles. The van der Waals surface area contributed by atoms with Crippen LogP contribution in [0.25, 0.3) is 0 Å². The Bertz CT molecular complexity index is 733. The number of nitrogens with one attached hydrogen (secondary N) is 2. The van der Waals surface area contributed by atoms with Crippen molar-refractivity contribution in [2.45, 2.75) is 0 Å². The fraction of sp³-hybridized carbons (Fsp3) is 0. The molecule has 0 radical (unpaired) electrons. The fourth-order valence-electron chi connectivity index (χ4n) is 1.56. The molecule has 0 fully saturated rings. The molecule has 0 unspecified atom stereocenters. The van der Waals surface area contributed by atoms with Crippen LogP contribution in [0.2, 0.25) is 10.0 Å². The van der Waals surface area contributed by atoms with Crippen LogP contribution >= 0.6 is 23.2 Å². The number of amides is 2. The number of hydrogen-bond acceptors (Lipinski definition) is 2. The molecule has 2 aromatic rings. The maximum Gasteiger partial charge on any atom is 0.314 e. The van der Waals surface area contributed by atoms with Crippen LogP contribution in [0.5, 0.6) is 0 Å². The van der Waals surface area contributed by atoms with E-state index in [0.717, 1.165) is 18.2 Å². The smallest absolute Gasteiger partial charge is 0.314 e. The maximum absolute atomic E-state index is 13.4. The van der Waals surface area contributed by atoms with E-state index in [0.29, 0.717) is 0 Å². The Morgan fingerprint density at radius 3 is 2.14 bits per heavy atom. The molecule has 0 saturated carbocycles. The van der Waals surface area contributed by atoms with Crippen molar-refractivity contribution in [2.24, 2.45) is 0 Å². The third-order valence-corrected chi connectivity index (χ3v) is 3.21. The Morgan fingerprint density at radius 2 is 1.50 bits per heavy atom. The highest BCUT2D eigenvalue weighted by atomic mass is 35.5. The Labute approximate surface area is 134 Å². The Kier molecular flexibility index (Phi) is 4.95. The van der Waals surface area contributed by atoms with E-state index in [1.807, 2.05) is 5.32 Å². The lowest BCUT2D eigenvalue weighted by molar-refractivity contribution is -0.133. The summed E-state index contributed by atoms with van der Waals surface area (Å²) in [6.07, 6.45) is 0. The van der Waals surface area contributed by atoms with Crippen molar-refractivity contribution in [3.8, 4) is 0 Å².